The van der Waals surface area contributed by atoms with Gasteiger partial charge in [0, 0.05) is 30.7 Å². The molecule has 0 unspecified atom stereocenters. The van der Waals surface area contributed by atoms with E-state index < -0.39 is 11.8 Å². The van der Waals surface area contributed by atoms with Crippen LogP contribution in [0.5, 0.6) is 11.5 Å². The normalized spacial score (nSPS) is 19.8. The van der Waals surface area contributed by atoms with Gasteiger partial charge in [0.1, 0.15) is 0 Å². The summed E-state index contributed by atoms with van der Waals surface area (Å²) in [5, 5.41) is 3.20. The molecule has 1 atom stereocenters. The summed E-state index contributed by atoms with van der Waals surface area (Å²) in [4.78, 5) is 24.1. The molecule has 0 saturated carbocycles. The Bertz CT molecular complexity index is 637. The molecule has 1 aromatic rings. The highest BCUT2D eigenvalue weighted by atomic mass is 35.5. The van der Waals surface area contributed by atoms with Crippen LogP contribution in [-0.2, 0) is 16.1 Å². The Hall–Kier alpha value is -1.99. The van der Waals surface area contributed by atoms with Crippen molar-refractivity contribution >= 4 is 23.4 Å². The Labute approximate surface area is 138 Å². The third-order valence-electron chi connectivity index (χ3n) is 4.08. The van der Waals surface area contributed by atoms with Crippen molar-refractivity contribution in [3.8, 4) is 11.5 Å². The predicted octanol–water partition coefficient (Wildman–Crippen LogP) is 0.492. The van der Waals surface area contributed by atoms with Crippen molar-refractivity contribution in [1.29, 1.82) is 0 Å². The third kappa shape index (κ3) is 3.68. The second kappa shape index (κ2) is 6.64. The molecule has 3 N–H and O–H groups in total. The molecule has 1 saturated heterocycles. The maximum absolute atomic E-state index is 11.2. The number of carbonyl (C=O) groups is 2. The molecule has 2 aliphatic heterocycles. The van der Waals surface area contributed by atoms with Crippen LogP contribution in [0.25, 0.3) is 0 Å². The molecule has 2 aliphatic rings. The van der Waals surface area contributed by atoms with Crippen LogP contribution in [0.1, 0.15) is 12.0 Å². The summed E-state index contributed by atoms with van der Waals surface area (Å²) >= 11 is 6.29. The number of halogens is 1. The molecule has 7 nitrogen and oxygen atoms in total. The zero-order valence-electron chi connectivity index (χ0n) is 12.5. The number of fused-ring (bicyclic) bond motifs is 1. The summed E-state index contributed by atoms with van der Waals surface area (Å²) in [5.74, 6) is 0.00132. The molecule has 0 aliphatic carbocycles. The molecule has 1 aromatic carbocycles. The lowest BCUT2D eigenvalue weighted by Crippen LogP contribution is -2.39. The molecular weight excluding hydrogens is 322 g/mol. The molecule has 3 rings (SSSR count). The monoisotopic (exact) mass is 339 g/mol. The lowest BCUT2D eigenvalue weighted by molar-refractivity contribution is -0.137. The van der Waals surface area contributed by atoms with E-state index in [-0.39, 0.29) is 6.79 Å². The fraction of sp³-hybridized carbons (Fsp3) is 0.467. The van der Waals surface area contributed by atoms with E-state index in [0.717, 1.165) is 25.1 Å². The van der Waals surface area contributed by atoms with Gasteiger partial charge in [-0.2, -0.15) is 0 Å². The van der Waals surface area contributed by atoms with Crippen LogP contribution in [0.15, 0.2) is 12.1 Å². The van der Waals surface area contributed by atoms with Crippen LogP contribution in [-0.4, -0.2) is 43.1 Å². The highest BCUT2D eigenvalue weighted by Crippen LogP contribution is 2.37. The molecule has 0 bridgehead atoms. The summed E-state index contributed by atoms with van der Waals surface area (Å²) in [7, 11) is 0. The lowest BCUT2D eigenvalue weighted by Gasteiger charge is -2.17. The summed E-state index contributed by atoms with van der Waals surface area (Å²) in [6, 6.07) is 3.69. The van der Waals surface area contributed by atoms with E-state index >= 15 is 0 Å². The predicted molar refractivity (Wildman–Crippen MR) is 83.2 cm³/mol. The Morgan fingerprint density at radius 1 is 1.35 bits per heavy atom. The highest BCUT2D eigenvalue weighted by molar-refractivity contribution is 6.34. The van der Waals surface area contributed by atoms with Crippen LogP contribution >= 0.6 is 11.6 Å². The molecule has 1 fully saturated rings. The SMILES string of the molecule is NC(=O)C(=O)NC[C@@H]1CCN(Cc2cc3c(cc2Cl)OCO3)C1. The molecule has 2 amide bonds. The van der Waals surface area contributed by atoms with Crippen molar-refractivity contribution in [2.24, 2.45) is 11.7 Å². The fourth-order valence-corrected chi connectivity index (χ4v) is 3.08. The van der Waals surface area contributed by atoms with Gasteiger partial charge in [-0.1, -0.05) is 11.6 Å². The lowest BCUT2D eigenvalue weighted by atomic mass is 10.1. The highest BCUT2D eigenvalue weighted by Gasteiger charge is 2.25. The Morgan fingerprint density at radius 2 is 2.09 bits per heavy atom. The second-order valence-corrected chi connectivity index (χ2v) is 6.17. The van der Waals surface area contributed by atoms with E-state index in [1.165, 1.54) is 0 Å². The average molecular weight is 340 g/mol. The molecule has 2 heterocycles. The van der Waals surface area contributed by atoms with Gasteiger partial charge in [-0.15, -0.1) is 0 Å². The van der Waals surface area contributed by atoms with Gasteiger partial charge >= 0.3 is 11.8 Å². The van der Waals surface area contributed by atoms with Crippen LogP contribution in [0.4, 0.5) is 0 Å². The number of nitrogens with zero attached hydrogens (tertiary/aromatic N) is 1. The quantitative estimate of drug-likeness (QED) is 0.779. The molecule has 124 valence electrons. The Balaban J connectivity index is 1.54. The average Bonchev–Trinajstić information content (AvgIpc) is 3.14. The van der Waals surface area contributed by atoms with Crippen molar-refractivity contribution in [3.63, 3.8) is 0 Å². The van der Waals surface area contributed by atoms with Gasteiger partial charge in [0.15, 0.2) is 11.5 Å². The van der Waals surface area contributed by atoms with E-state index in [4.69, 9.17) is 26.8 Å². The number of carbonyl (C=O) groups excluding carboxylic acids is 2. The molecular formula is C15H18ClN3O4. The first kappa shape index (κ1) is 15.9. The van der Waals surface area contributed by atoms with Gasteiger partial charge in [-0.3, -0.25) is 14.5 Å². The largest absolute Gasteiger partial charge is 0.454 e. The van der Waals surface area contributed by atoms with Gasteiger partial charge in [-0.05, 0) is 30.5 Å². The number of hydrogen-bond acceptors (Lipinski definition) is 5. The number of ether oxygens (including phenoxy) is 2. The van der Waals surface area contributed by atoms with Crippen LogP contribution < -0.4 is 20.5 Å². The standard InChI is InChI=1S/C15H18ClN3O4/c16-11-4-13-12(22-8-23-13)3-10(11)7-19-2-1-9(6-19)5-18-15(21)14(17)20/h3-4,9H,1-2,5-8H2,(H2,17,20)(H,18,21)/t9-/m0/s1. The maximum atomic E-state index is 11.2. The number of amides is 2. The van der Waals surface area contributed by atoms with Crippen LogP contribution in [0.3, 0.4) is 0 Å². The minimum atomic E-state index is -0.952. The first-order valence-corrected chi connectivity index (χ1v) is 7.78. The summed E-state index contributed by atoms with van der Waals surface area (Å²) in [6.07, 6.45) is 0.946. The minimum Gasteiger partial charge on any atom is -0.454 e. The van der Waals surface area contributed by atoms with Gasteiger partial charge in [-0.25, -0.2) is 0 Å². The molecule has 23 heavy (non-hydrogen) atoms. The van der Waals surface area contributed by atoms with E-state index in [0.29, 0.717) is 35.5 Å². The van der Waals surface area contributed by atoms with E-state index in [1.807, 2.05) is 6.07 Å². The van der Waals surface area contributed by atoms with Crippen molar-refractivity contribution in [2.45, 2.75) is 13.0 Å². The second-order valence-electron chi connectivity index (χ2n) is 5.76. The number of benzene rings is 1. The Morgan fingerprint density at radius 3 is 2.83 bits per heavy atom. The minimum absolute atomic E-state index is 0.223. The third-order valence-corrected chi connectivity index (χ3v) is 4.43. The topological polar surface area (TPSA) is 93.9 Å². The number of nitrogens with two attached hydrogens (primary N) is 1. The van der Waals surface area contributed by atoms with Crippen molar-refractivity contribution in [3.05, 3.63) is 22.7 Å². The number of likely N-dealkylation sites (tertiary alicyclic amines) is 1. The first-order valence-electron chi connectivity index (χ1n) is 7.41. The van der Waals surface area contributed by atoms with Gasteiger partial charge in [0.25, 0.3) is 0 Å². The Kier molecular flexibility index (Phi) is 4.58. The summed E-state index contributed by atoms with van der Waals surface area (Å²) in [6.45, 7) is 3.11. The van der Waals surface area contributed by atoms with Crippen molar-refractivity contribution in [2.75, 3.05) is 26.4 Å². The van der Waals surface area contributed by atoms with Gasteiger partial charge in [0.05, 0.1) is 0 Å². The first-order chi connectivity index (χ1) is 11.0. The van der Waals surface area contributed by atoms with Crippen molar-refractivity contribution < 1.29 is 19.1 Å². The van der Waals surface area contributed by atoms with E-state index in [9.17, 15) is 9.59 Å². The number of rotatable bonds is 4. The van der Waals surface area contributed by atoms with E-state index in [2.05, 4.69) is 10.2 Å². The molecule has 0 spiro atoms. The maximum Gasteiger partial charge on any atom is 0.309 e. The number of nitrogens with one attached hydrogen (secondary N) is 1. The summed E-state index contributed by atoms with van der Waals surface area (Å²) < 4.78 is 10.7. The van der Waals surface area contributed by atoms with Crippen LogP contribution in [0, 0.1) is 5.92 Å². The van der Waals surface area contributed by atoms with Gasteiger partial charge < -0.3 is 20.5 Å². The van der Waals surface area contributed by atoms with Crippen LogP contribution in [0.2, 0.25) is 5.02 Å². The molecule has 0 radical (unpaired) electrons. The van der Waals surface area contributed by atoms with E-state index in [1.54, 1.807) is 6.07 Å². The fourth-order valence-electron chi connectivity index (χ4n) is 2.87. The van der Waals surface area contributed by atoms with Crippen molar-refractivity contribution in [1.82, 2.24) is 10.2 Å². The summed E-state index contributed by atoms with van der Waals surface area (Å²) in [5.41, 5.74) is 5.90. The van der Waals surface area contributed by atoms with Gasteiger partial charge in [0.2, 0.25) is 6.79 Å². The zero-order chi connectivity index (χ0) is 16.4. The smallest absolute Gasteiger partial charge is 0.309 e. The molecule has 8 heteroatoms. The number of primary amides is 1. The molecule has 0 aromatic heterocycles. The zero-order valence-corrected chi connectivity index (χ0v) is 13.3. The number of hydrogen-bond donors (Lipinski definition) is 2.